The van der Waals surface area contributed by atoms with Crippen LogP contribution in [-0.2, 0) is 24.3 Å². The molecule has 0 bridgehead atoms. The van der Waals surface area contributed by atoms with Crippen molar-refractivity contribution in [3.05, 3.63) is 59.9 Å². The number of amides is 1. The molecule has 1 atom stereocenters. The number of anilines is 1. The highest BCUT2D eigenvalue weighted by atomic mass is 32.2. The van der Waals surface area contributed by atoms with Crippen molar-refractivity contribution in [2.24, 2.45) is 0 Å². The van der Waals surface area contributed by atoms with Gasteiger partial charge in [-0.05, 0) is 31.2 Å². The van der Waals surface area contributed by atoms with Gasteiger partial charge in [-0.1, -0.05) is 18.2 Å². The molecule has 0 radical (unpaired) electrons. The number of hydrogen-bond donors (Lipinski definition) is 2. The van der Waals surface area contributed by atoms with E-state index in [0.717, 1.165) is 13.0 Å². The Morgan fingerprint density at radius 3 is 2.32 bits per heavy atom. The summed E-state index contributed by atoms with van der Waals surface area (Å²) < 4.78 is 70.3. The van der Waals surface area contributed by atoms with Crippen molar-refractivity contribution in [1.82, 2.24) is 4.72 Å². The molecule has 0 aromatic heterocycles. The zero-order valence-corrected chi connectivity index (χ0v) is 15.2. The molecule has 2 aromatic carbocycles. The maximum absolute atomic E-state index is 13.5. The van der Waals surface area contributed by atoms with Crippen molar-refractivity contribution in [3.8, 4) is 0 Å². The Bertz CT molecular complexity index is 984. The minimum absolute atomic E-state index is 0.0672. The number of carbonyl (C=O) groups excluding carboxylic acids is 2. The Balaban J connectivity index is 1.91. The van der Waals surface area contributed by atoms with E-state index >= 15 is 0 Å². The highest BCUT2D eigenvalue weighted by Crippen LogP contribution is 2.19. The number of esters is 1. The van der Waals surface area contributed by atoms with E-state index in [1.807, 2.05) is 10.0 Å². The molecule has 1 unspecified atom stereocenters. The van der Waals surface area contributed by atoms with E-state index in [2.05, 4.69) is 0 Å². The first-order chi connectivity index (χ1) is 13.1. The third-order valence-corrected chi connectivity index (χ3v) is 4.85. The van der Waals surface area contributed by atoms with E-state index in [1.54, 1.807) is 6.07 Å². The number of ether oxygens (including phenoxy) is 1. The Morgan fingerprint density at radius 1 is 1.04 bits per heavy atom. The highest BCUT2D eigenvalue weighted by Gasteiger charge is 2.22. The predicted octanol–water partition coefficient (Wildman–Crippen LogP) is 1.95. The molecule has 28 heavy (non-hydrogen) atoms. The van der Waals surface area contributed by atoms with Crippen LogP contribution in [0.15, 0.2) is 47.4 Å². The Labute approximate surface area is 158 Å². The molecule has 150 valence electrons. The van der Waals surface area contributed by atoms with Gasteiger partial charge in [0.25, 0.3) is 5.91 Å². The molecular formula is C17H15F3N2O5S. The van der Waals surface area contributed by atoms with Gasteiger partial charge in [0.05, 0.1) is 10.6 Å². The topological polar surface area (TPSA) is 102 Å². The molecule has 0 aliphatic heterocycles. The molecule has 0 heterocycles. The third kappa shape index (κ3) is 5.30. The number of hydrogen-bond acceptors (Lipinski definition) is 5. The van der Waals surface area contributed by atoms with Crippen LogP contribution in [0.5, 0.6) is 0 Å². The maximum Gasteiger partial charge on any atom is 0.321 e. The molecule has 2 N–H and O–H groups in total. The molecule has 0 aliphatic rings. The fraction of sp³-hybridized carbons (Fsp3) is 0.176. The second kappa shape index (κ2) is 8.85. The van der Waals surface area contributed by atoms with Crippen LogP contribution in [0.25, 0.3) is 0 Å². The number of halogens is 3. The number of benzene rings is 2. The number of nitrogens with one attached hydrogen (secondary N) is 2. The first-order valence-electron chi connectivity index (χ1n) is 7.80. The van der Waals surface area contributed by atoms with Crippen LogP contribution < -0.4 is 10.0 Å². The van der Waals surface area contributed by atoms with Crippen LogP contribution in [0.1, 0.15) is 6.92 Å². The number of rotatable bonds is 7. The minimum atomic E-state index is -3.95. The van der Waals surface area contributed by atoms with E-state index in [4.69, 9.17) is 4.74 Å². The van der Waals surface area contributed by atoms with Gasteiger partial charge in [-0.15, -0.1) is 0 Å². The van der Waals surface area contributed by atoms with Gasteiger partial charge >= 0.3 is 5.97 Å². The second-order valence-corrected chi connectivity index (χ2v) is 7.25. The SMILES string of the molecule is CC(OC(=O)CNS(=O)(=O)c1ccccc1)C(=O)Nc1ccc(F)c(F)c1F. The van der Waals surface area contributed by atoms with Gasteiger partial charge in [-0.3, -0.25) is 9.59 Å². The summed E-state index contributed by atoms with van der Waals surface area (Å²) in [6.45, 7) is 0.380. The average Bonchev–Trinajstić information content (AvgIpc) is 2.67. The molecule has 1 amide bonds. The first-order valence-corrected chi connectivity index (χ1v) is 9.28. The number of carbonyl (C=O) groups is 2. The molecule has 2 rings (SSSR count). The van der Waals surface area contributed by atoms with Crippen molar-refractivity contribution in [2.45, 2.75) is 17.9 Å². The lowest BCUT2D eigenvalue weighted by molar-refractivity contribution is -0.151. The predicted molar refractivity (Wildman–Crippen MR) is 92.1 cm³/mol. The molecule has 0 saturated carbocycles. The lowest BCUT2D eigenvalue weighted by atomic mass is 10.2. The summed E-state index contributed by atoms with van der Waals surface area (Å²) in [5, 5.41) is 1.95. The quantitative estimate of drug-likeness (QED) is 0.531. The van der Waals surface area contributed by atoms with Gasteiger partial charge in [0.1, 0.15) is 6.54 Å². The van der Waals surface area contributed by atoms with Gasteiger partial charge < -0.3 is 10.1 Å². The van der Waals surface area contributed by atoms with Crippen molar-refractivity contribution in [1.29, 1.82) is 0 Å². The van der Waals surface area contributed by atoms with Crippen LogP contribution in [0.2, 0.25) is 0 Å². The summed E-state index contributed by atoms with van der Waals surface area (Å²) in [5.74, 6) is -6.90. The smallest absolute Gasteiger partial charge is 0.321 e. The monoisotopic (exact) mass is 416 g/mol. The van der Waals surface area contributed by atoms with Gasteiger partial charge in [-0.25, -0.2) is 21.6 Å². The average molecular weight is 416 g/mol. The Hall–Kier alpha value is -2.92. The summed E-state index contributed by atoms with van der Waals surface area (Å²) in [6, 6.07) is 8.66. The first kappa shape index (κ1) is 21.4. The van der Waals surface area contributed by atoms with Gasteiger partial charge in [0, 0.05) is 0 Å². The number of sulfonamides is 1. The zero-order chi connectivity index (χ0) is 20.9. The normalized spacial score (nSPS) is 12.3. The fourth-order valence-electron chi connectivity index (χ4n) is 1.99. The summed E-state index contributed by atoms with van der Waals surface area (Å²) in [7, 11) is -3.95. The summed E-state index contributed by atoms with van der Waals surface area (Å²) in [6.07, 6.45) is -1.46. The highest BCUT2D eigenvalue weighted by molar-refractivity contribution is 7.89. The van der Waals surface area contributed by atoms with E-state index in [9.17, 15) is 31.2 Å². The van der Waals surface area contributed by atoms with E-state index in [-0.39, 0.29) is 4.90 Å². The van der Waals surface area contributed by atoms with Crippen LogP contribution >= 0.6 is 0 Å². The van der Waals surface area contributed by atoms with Crippen LogP contribution in [0, 0.1) is 17.5 Å². The maximum atomic E-state index is 13.5. The molecule has 7 nitrogen and oxygen atoms in total. The standard InChI is InChI=1S/C17H15F3N2O5S/c1-10(17(24)22-13-8-7-12(18)15(19)16(13)20)27-14(23)9-21-28(25,26)11-5-3-2-4-6-11/h2-8,10,21H,9H2,1H3,(H,22,24). The Kier molecular flexibility index (Phi) is 6.75. The molecular weight excluding hydrogens is 401 g/mol. The van der Waals surface area contributed by atoms with Crippen LogP contribution in [0.4, 0.5) is 18.9 Å². The second-order valence-electron chi connectivity index (χ2n) is 5.48. The molecule has 0 saturated heterocycles. The summed E-state index contributed by atoms with van der Waals surface area (Å²) in [4.78, 5) is 23.6. The van der Waals surface area contributed by atoms with Crippen LogP contribution in [0.3, 0.4) is 0 Å². The van der Waals surface area contributed by atoms with Gasteiger partial charge in [0.15, 0.2) is 23.6 Å². The van der Waals surface area contributed by atoms with E-state index in [1.165, 1.54) is 24.3 Å². The molecule has 0 spiro atoms. The molecule has 2 aromatic rings. The van der Waals surface area contributed by atoms with Gasteiger partial charge in [0.2, 0.25) is 10.0 Å². The minimum Gasteiger partial charge on any atom is -0.452 e. The molecule has 0 fully saturated rings. The van der Waals surface area contributed by atoms with Crippen molar-refractivity contribution < 1.29 is 35.9 Å². The lowest BCUT2D eigenvalue weighted by Crippen LogP contribution is -2.36. The Morgan fingerprint density at radius 2 is 1.68 bits per heavy atom. The van der Waals surface area contributed by atoms with Gasteiger partial charge in [-0.2, -0.15) is 4.72 Å². The van der Waals surface area contributed by atoms with E-state index in [0.29, 0.717) is 6.07 Å². The molecule has 11 heteroatoms. The third-order valence-electron chi connectivity index (χ3n) is 3.43. The van der Waals surface area contributed by atoms with Crippen molar-refractivity contribution in [2.75, 3.05) is 11.9 Å². The van der Waals surface area contributed by atoms with E-state index < -0.39 is 57.7 Å². The zero-order valence-electron chi connectivity index (χ0n) is 14.4. The van der Waals surface area contributed by atoms with Crippen molar-refractivity contribution in [3.63, 3.8) is 0 Å². The van der Waals surface area contributed by atoms with Crippen molar-refractivity contribution >= 4 is 27.6 Å². The fourth-order valence-corrected chi connectivity index (χ4v) is 2.98. The summed E-state index contributed by atoms with van der Waals surface area (Å²) in [5.41, 5.74) is -0.642. The summed E-state index contributed by atoms with van der Waals surface area (Å²) >= 11 is 0. The molecule has 0 aliphatic carbocycles. The largest absolute Gasteiger partial charge is 0.452 e. The van der Waals surface area contributed by atoms with Crippen LogP contribution in [-0.4, -0.2) is 32.9 Å². The lowest BCUT2D eigenvalue weighted by Gasteiger charge is -2.14.